The summed E-state index contributed by atoms with van der Waals surface area (Å²) in [5.74, 6) is -1.13. The standard InChI is InChI=1S/C29H23Cl2NO2S/c1-35-29-24(25(16-27(33)34)19-8-12-21(31)13-9-19)15-14-23-22-4-2-3-5-26(22)32(28(23)29)17-18-6-10-20(30)11-7-18/h2-15,25H,16-17H2,1H3,(H,33,34). The Morgan fingerprint density at radius 1 is 0.886 bits per heavy atom. The van der Waals surface area contributed by atoms with E-state index >= 15 is 0 Å². The topological polar surface area (TPSA) is 42.2 Å². The molecular weight excluding hydrogens is 497 g/mol. The van der Waals surface area contributed by atoms with Gasteiger partial charge in [-0.3, -0.25) is 4.79 Å². The summed E-state index contributed by atoms with van der Waals surface area (Å²) < 4.78 is 2.34. The second-order valence-electron chi connectivity index (χ2n) is 8.52. The van der Waals surface area contributed by atoms with Crippen molar-refractivity contribution < 1.29 is 9.90 Å². The van der Waals surface area contributed by atoms with Crippen LogP contribution in [0.15, 0.2) is 89.8 Å². The van der Waals surface area contributed by atoms with Crippen LogP contribution in [0.3, 0.4) is 0 Å². The maximum absolute atomic E-state index is 11.9. The Hall–Kier alpha value is -2.92. The van der Waals surface area contributed by atoms with E-state index in [0.29, 0.717) is 16.6 Å². The van der Waals surface area contributed by atoms with Gasteiger partial charge in [-0.2, -0.15) is 0 Å². The van der Waals surface area contributed by atoms with Crippen molar-refractivity contribution in [1.82, 2.24) is 4.57 Å². The van der Waals surface area contributed by atoms with Crippen LogP contribution in [0.4, 0.5) is 0 Å². The molecule has 4 aromatic carbocycles. The molecule has 5 aromatic rings. The van der Waals surface area contributed by atoms with Crippen molar-refractivity contribution in [3.63, 3.8) is 0 Å². The Balaban J connectivity index is 1.77. The number of carboxylic acid groups (broad SMARTS) is 1. The van der Waals surface area contributed by atoms with E-state index in [0.717, 1.165) is 38.0 Å². The number of para-hydroxylation sites is 1. The molecule has 1 unspecified atom stereocenters. The molecule has 1 atom stereocenters. The monoisotopic (exact) mass is 519 g/mol. The van der Waals surface area contributed by atoms with Gasteiger partial charge in [-0.15, -0.1) is 11.8 Å². The lowest BCUT2D eigenvalue weighted by atomic mass is 9.88. The molecule has 0 aliphatic rings. The molecule has 35 heavy (non-hydrogen) atoms. The average molecular weight is 520 g/mol. The van der Waals surface area contributed by atoms with Gasteiger partial charge < -0.3 is 9.67 Å². The van der Waals surface area contributed by atoms with E-state index in [2.05, 4.69) is 47.2 Å². The summed E-state index contributed by atoms with van der Waals surface area (Å²) in [6.45, 7) is 0.683. The fourth-order valence-electron chi connectivity index (χ4n) is 4.83. The Kier molecular flexibility index (Phi) is 6.79. The molecule has 0 saturated carbocycles. The number of carboxylic acids is 1. The van der Waals surface area contributed by atoms with Crippen molar-refractivity contribution in [2.75, 3.05) is 6.26 Å². The van der Waals surface area contributed by atoms with E-state index < -0.39 is 5.97 Å². The first-order chi connectivity index (χ1) is 17.0. The zero-order valence-electron chi connectivity index (χ0n) is 19.0. The fourth-order valence-corrected chi connectivity index (χ4v) is 5.94. The average Bonchev–Trinajstić information content (AvgIpc) is 3.17. The second kappa shape index (κ2) is 9.98. The summed E-state index contributed by atoms with van der Waals surface area (Å²) in [6.07, 6.45) is 2.06. The van der Waals surface area contributed by atoms with Gasteiger partial charge in [-0.25, -0.2) is 0 Å². The maximum Gasteiger partial charge on any atom is 0.304 e. The third-order valence-corrected chi connectivity index (χ3v) is 7.74. The predicted molar refractivity (Wildman–Crippen MR) is 147 cm³/mol. The minimum absolute atomic E-state index is 0.00187. The number of rotatable bonds is 7. The molecule has 3 nitrogen and oxygen atoms in total. The van der Waals surface area contributed by atoms with Gasteiger partial charge >= 0.3 is 5.97 Å². The van der Waals surface area contributed by atoms with Gasteiger partial charge in [0.05, 0.1) is 11.9 Å². The van der Waals surface area contributed by atoms with Crippen molar-refractivity contribution in [2.24, 2.45) is 0 Å². The molecule has 0 fully saturated rings. The molecule has 0 spiro atoms. The summed E-state index contributed by atoms with van der Waals surface area (Å²) >= 11 is 13.9. The first kappa shape index (κ1) is 23.8. The minimum Gasteiger partial charge on any atom is -0.481 e. The number of aromatic nitrogens is 1. The van der Waals surface area contributed by atoms with E-state index in [4.69, 9.17) is 23.2 Å². The van der Waals surface area contributed by atoms with Gasteiger partial charge in [0.25, 0.3) is 0 Å². The van der Waals surface area contributed by atoms with E-state index in [1.54, 1.807) is 11.8 Å². The van der Waals surface area contributed by atoms with E-state index in [9.17, 15) is 9.90 Å². The van der Waals surface area contributed by atoms with Crippen molar-refractivity contribution in [2.45, 2.75) is 23.8 Å². The molecule has 1 aromatic heterocycles. The number of halogens is 2. The van der Waals surface area contributed by atoms with Crippen LogP contribution in [0.25, 0.3) is 21.8 Å². The Bertz CT molecular complexity index is 1530. The number of thioether (sulfide) groups is 1. The van der Waals surface area contributed by atoms with Crippen LogP contribution >= 0.6 is 35.0 Å². The van der Waals surface area contributed by atoms with E-state index in [-0.39, 0.29) is 12.3 Å². The molecule has 1 N–H and O–H groups in total. The molecular formula is C29H23Cl2NO2S. The normalized spacial score (nSPS) is 12.3. The number of aliphatic carboxylic acids is 1. The molecule has 5 rings (SSSR count). The quantitative estimate of drug-likeness (QED) is 0.219. The number of fused-ring (bicyclic) bond motifs is 3. The highest BCUT2D eigenvalue weighted by Crippen LogP contribution is 2.42. The minimum atomic E-state index is -0.834. The van der Waals surface area contributed by atoms with Gasteiger partial charge in [0, 0.05) is 43.7 Å². The van der Waals surface area contributed by atoms with Crippen LogP contribution in [0.1, 0.15) is 29.0 Å². The van der Waals surface area contributed by atoms with Gasteiger partial charge in [0.2, 0.25) is 0 Å². The van der Waals surface area contributed by atoms with Crippen LogP contribution in [-0.2, 0) is 11.3 Å². The maximum atomic E-state index is 11.9. The second-order valence-corrected chi connectivity index (χ2v) is 10.2. The van der Waals surface area contributed by atoms with E-state index in [1.807, 2.05) is 48.5 Å². The molecule has 6 heteroatoms. The zero-order valence-corrected chi connectivity index (χ0v) is 21.4. The highest BCUT2D eigenvalue weighted by molar-refractivity contribution is 7.98. The first-order valence-electron chi connectivity index (χ1n) is 11.3. The summed E-state index contributed by atoms with van der Waals surface area (Å²) in [5.41, 5.74) is 5.36. The lowest BCUT2D eigenvalue weighted by molar-refractivity contribution is -0.137. The number of hydrogen-bond donors (Lipinski definition) is 1. The van der Waals surface area contributed by atoms with Gasteiger partial charge in [-0.1, -0.05) is 77.8 Å². The number of hydrogen-bond acceptors (Lipinski definition) is 2. The van der Waals surface area contributed by atoms with Gasteiger partial charge in [0.1, 0.15) is 0 Å². The fraction of sp³-hybridized carbons (Fsp3) is 0.138. The summed E-state index contributed by atoms with van der Waals surface area (Å²) in [7, 11) is 0. The zero-order chi connectivity index (χ0) is 24.5. The van der Waals surface area contributed by atoms with Crippen LogP contribution in [-0.4, -0.2) is 21.9 Å². The molecule has 0 radical (unpaired) electrons. The summed E-state index contributed by atoms with van der Waals surface area (Å²) in [4.78, 5) is 13.0. The van der Waals surface area contributed by atoms with Crippen LogP contribution in [0.2, 0.25) is 10.0 Å². The Morgan fingerprint density at radius 2 is 1.54 bits per heavy atom. The molecule has 0 aliphatic heterocycles. The predicted octanol–water partition coefficient (Wildman–Crippen LogP) is 8.48. The summed E-state index contributed by atoms with van der Waals surface area (Å²) in [6, 6.07) is 28.0. The molecule has 0 bridgehead atoms. The molecule has 0 amide bonds. The van der Waals surface area contributed by atoms with Crippen molar-refractivity contribution >= 4 is 62.7 Å². The van der Waals surface area contributed by atoms with Crippen molar-refractivity contribution in [1.29, 1.82) is 0 Å². The highest BCUT2D eigenvalue weighted by atomic mass is 35.5. The first-order valence-corrected chi connectivity index (χ1v) is 13.2. The Morgan fingerprint density at radius 3 is 2.20 bits per heavy atom. The largest absolute Gasteiger partial charge is 0.481 e. The molecule has 0 saturated heterocycles. The van der Waals surface area contributed by atoms with Gasteiger partial charge in [-0.05, 0) is 53.3 Å². The number of benzene rings is 4. The third kappa shape index (κ3) is 4.66. The van der Waals surface area contributed by atoms with Crippen molar-refractivity contribution in [3.05, 3.63) is 112 Å². The SMILES string of the molecule is CSc1c(C(CC(=O)O)c2ccc(Cl)cc2)ccc2c3ccccc3n(Cc3ccc(Cl)cc3)c12. The number of nitrogens with zero attached hydrogens (tertiary/aromatic N) is 1. The Labute approximate surface area is 218 Å². The molecule has 1 heterocycles. The van der Waals surface area contributed by atoms with Crippen LogP contribution in [0.5, 0.6) is 0 Å². The van der Waals surface area contributed by atoms with Gasteiger partial charge in [0.15, 0.2) is 0 Å². The molecule has 0 aliphatic carbocycles. The molecule has 176 valence electrons. The van der Waals surface area contributed by atoms with E-state index in [1.165, 1.54) is 5.39 Å². The van der Waals surface area contributed by atoms with Crippen LogP contribution in [0, 0.1) is 0 Å². The summed E-state index contributed by atoms with van der Waals surface area (Å²) in [5, 5.41) is 13.5. The number of carbonyl (C=O) groups is 1. The lowest BCUT2D eigenvalue weighted by Gasteiger charge is -2.21. The lowest BCUT2D eigenvalue weighted by Crippen LogP contribution is -2.10. The highest BCUT2D eigenvalue weighted by Gasteiger charge is 2.24. The smallest absolute Gasteiger partial charge is 0.304 e. The van der Waals surface area contributed by atoms with Crippen molar-refractivity contribution in [3.8, 4) is 0 Å². The van der Waals surface area contributed by atoms with Crippen LogP contribution < -0.4 is 0 Å². The third-order valence-electron chi connectivity index (χ3n) is 6.40.